The van der Waals surface area contributed by atoms with Crippen molar-refractivity contribution in [1.82, 2.24) is 10.3 Å². The summed E-state index contributed by atoms with van der Waals surface area (Å²) < 4.78 is 4.94. The van der Waals surface area contributed by atoms with Gasteiger partial charge in [-0.25, -0.2) is 0 Å². The van der Waals surface area contributed by atoms with Gasteiger partial charge >= 0.3 is 0 Å². The summed E-state index contributed by atoms with van der Waals surface area (Å²) in [5, 5.41) is 3.23. The van der Waals surface area contributed by atoms with E-state index in [9.17, 15) is 0 Å². The molecule has 0 aromatic carbocycles. The third-order valence-electron chi connectivity index (χ3n) is 2.19. The van der Waals surface area contributed by atoms with E-state index >= 15 is 0 Å². The van der Waals surface area contributed by atoms with Crippen LogP contribution in [-0.2, 0) is 10.2 Å². The van der Waals surface area contributed by atoms with Crippen LogP contribution in [0.2, 0.25) is 0 Å². The monoisotopic (exact) mass is 182 g/mol. The molecule has 13 heavy (non-hydrogen) atoms. The van der Waals surface area contributed by atoms with E-state index < -0.39 is 0 Å². The van der Waals surface area contributed by atoms with Gasteiger partial charge in [-0.2, -0.15) is 0 Å². The Morgan fingerprint density at radius 1 is 1.54 bits per heavy atom. The van der Waals surface area contributed by atoms with Crippen LogP contribution in [0.5, 0.6) is 0 Å². The zero-order valence-corrected chi connectivity index (χ0v) is 8.55. The Hall–Kier alpha value is -0.800. The molecule has 0 unspecified atom stereocenters. The van der Waals surface area contributed by atoms with Gasteiger partial charge in [0.2, 0.25) is 0 Å². The van der Waals surface area contributed by atoms with Crippen LogP contribution in [0, 0.1) is 0 Å². The third-order valence-corrected chi connectivity index (χ3v) is 2.19. The van der Waals surface area contributed by atoms with E-state index in [0.29, 0.717) is 6.73 Å². The average Bonchev–Trinajstić information content (AvgIpc) is 2.56. The molecule has 3 nitrogen and oxygen atoms in total. The van der Waals surface area contributed by atoms with Crippen LogP contribution in [-0.4, -0.2) is 25.4 Å². The SMILES string of the molecule is COCNCC(C)(C)c1cc[nH]c1. The molecule has 1 aromatic rings. The summed E-state index contributed by atoms with van der Waals surface area (Å²) in [6.07, 6.45) is 3.99. The second kappa shape index (κ2) is 4.44. The molecule has 1 heterocycles. The number of hydrogen-bond acceptors (Lipinski definition) is 2. The van der Waals surface area contributed by atoms with Crippen LogP contribution < -0.4 is 5.32 Å². The summed E-state index contributed by atoms with van der Waals surface area (Å²) in [7, 11) is 1.69. The number of methoxy groups -OCH3 is 1. The predicted octanol–water partition coefficient (Wildman–Crippen LogP) is 1.49. The Morgan fingerprint density at radius 3 is 2.85 bits per heavy atom. The molecular formula is C10H18N2O. The largest absolute Gasteiger partial charge is 0.370 e. The van der Waals surface area contributed by atoms with E-state index in [1.165, 1.54) is 5.56 Å². The molecule has 3 heteroatoms. The van der Waals surface area contributed by atoms with Gasteiger partial charge in [0.25, 0.3) is 0 Å². The molecule has 74 valence electrons. The lowest BCUT2D eigenvalue weighted by atomic mass is 9.86. The van der Waals surface area contributed by atoms with Crippen molar-refractivity contribution < 1.29 is 4.74 Å². The molecule has 0 spiro atoms. The van der Waals surface area contributed by atoms with Crippen molar-refractivity contribution in [2.75, 3.05) is 20.4 Å². The highest BCUT2D eigenvalue weighted by Crippen LogP contribution is 2.21. The van der Waals surface area contributed by atoms with Crippen LogP contribution >= 0.6 is 0 Å². The van der Waals surface area contributed by atoms with Crippen molar-refractivity contribution in [2.24, 2.45) is 0 Å². The van der Waals surface area contributed by atoms with Gasteiger partial charge in [-0.1, -0.05) is 13.8 Å². The van der Waals surface area contributed by atoms with Crippen molar-refractivity contribution in [3.05, 3.63) is 24.0 Å². The minimum absolute atomic E-state index is 0.151. The van der Waals surface area contributed by atoms with E-state index in [-0.39, 0.29) is 5.41 Å². The van der Waals surface area contributed by atoms with Crippen molar-refractivity contribution in [1.29, 1.82) is 0 Å². The van der Waals surface area contributed by atoms with Gasteiger partial charge < -0.3 is 9.72 Å². The Morgan fingerprint density at radius 2 is 2.31 bits per heavy atom. The first kappa shape index (κ1) is 10.3. The van der Waals surface area contributed by atoms with E-state index in [0.717, 1.165) is 6.54 Å². The first-order valence-corrected chi connectivity index (χ1v) is 4.50. The molecule has 1 rings (SSSR count). The zero-order valence-electron chi connectivity index (χ0n) is 8.55. The molecule has 1 aromatic heterocycles. The van der Waals surface area contributed by atoms with Crippen LogP contribution in [0.3, 0.4) is 0 Å². The van der Waals surface area contributed by atoms with Crippen molar-refractivity contribution in [2.45, 2.75) is 19.3 Å². The Bertz CT molecular complexity index is 229. The number of aromatic nitrogens is 1. The summed E-state index contributed by atoms with van der Waals surface area (Å²) >= 11 is 0. The lowest BCUT2D eigenvalue weighted by Crippen LogP contribution is -2.33. The van der Waals surface area contributed by atoms with Gasteiger partial charge in [-0.05, 0) is 11.6 Å². The maximum Gasteiger partial charge on any atom is 0.0961 e. The Labute approximate surface area is 79.5 Å². The fraction of sp³-hybridized carbons (Fsp3) is 0.600. The minimum atomic E-state index is 0.151. The molecule has 0 saturated carbocycles. The Balaban J connectivity index is 2.46. The molecule has 0 bridgehead atoms. The van der Waals surface area contributed by atoms with Crippen molar-refractivity contribution >= 4 is 0 Å². The molecule has 0 saturated heterocycles. The lowest BCUT2D eigenvalue weighted by molar-refractivity contribution is 0.169. The van der Waals surface area contributed by atoms with Gasteiger partial charge in [0.15, 0.2) is 0 Å². The molecule has 0 fully saturated rings. The highest BCUT2D eigenvalue weighted by atomic mass is 16.5. The number of H-pyrrole nitrogens is 1. The average molecular weight is 182 g/mol. The predicted molar refractivity (Wildman–Crippen MR) is 53.7 cm³/mol. The standard InChI is InChI=1S/C10H18N2O/c1-10(2,7-12-8-13-3)9-4-5-11-6-9/h4-6,11-12H,7-8H2,1-3H3. The van der Waals surface area contributed by atoms with E-state index in [4.69, 9.17) is 4.74 Å². The summed E-state index contributed by atoms with van der Waals surface area (Å²) in [4.78, 5) is 3.07. The van der Waals surface area contributed by atoms with Crippen LogP contribution in [0.25, 0.3) is 0 Å². The maximum absolute atomic E-state index is 4.94. The van der Waals surface area contributed by atoms with Gasteiger partial charge in [0.1, 0.15) is 0 Å². The van der Waals surface area contributed by atoms with Crippen molar-refractivity contribution in [3.63, 3.8) is 0 Å². The normalized spacial score (nSPS) is 11.9. The molecule has 0 aliphatic rings. The second-order valence-electron chi connectivity index (χ2n) is 3.84. The first-order chi connectivity index (χ1) is 6.17. The fourth-order valence-electron chi connectivity index (χ4n) is 1.31. The van der Waals surface area contributed by atoms with Crippen LogP contribution in [0.1, 0.15) is 19.4 Å². The number of aromatic amines is 1. The number of rotatable bonds is 5. The van der Waals surface area contributed by atoms with Gasteiger partial charge in [-0.15, -0.1) is 0 Å². The fourth-order valence-corrected chi connectivity index (χ4v) is 1.31. The quantitative estimate of drug-likeness (QED) is 0.534. The van der Waals surface area contributed by atoms with E-state index in [1.807, 2.05) is 12.4 Å². The third kappa shape index (κ3) is 2.86. The Kier molecular flexibility index (Phi) is 3.51. The van der Waals surface area contributed by atoms with Crippen LogP contribution in [0.15, 0.2) is 18.5 Å². The molecule has 0 aliphatic heterocycles. The van der Waals surface area contributed by atoms with Crippen molar-refractivity contribution in [3.8, 4) is 0 Å². The maximum atomic E-state index is 4.94. The molecule has 0 atom stereocenters. The summed E-state index contributed by atoms with van der Waals surface area (Å²) in [6.45, 7) is 5.93. The van der Waals surface area contributed by atoms with Gasteiger partial charge in [0.05, 0.1) is 6.73 Å². The first-order valence-electron chi connectivity index (χ1n) is 4.50. The molecular weight excluding hydrogens is 164 g/mol. The topological polar surface area (TPSA) is 37.0 Å². The highest BCUT2D eigenvalue weighted by Gasteiger charge is 2.19. The van der Waals surface area contributed by atoms with E-state index in [2.05, 4.69) is 30.2 Å². The van der Waals surface area contributed by atoms with Crippen LogP contribution in [0.4, 0.5) is 0 Å². The number of ether oxygens (including phenoxy) is 1. The summed E-state index contributed by atoms with van der Waals surface area (Å²) in [5.74, 6) is 0. The lowest BCUT2D eigenvalue weighted by Gasteiger charge is -2.23. The smallest absolute Gasteiger partial charge is 0.0961 e. The molecule has 0 aliphatic carbocycles. The second-order valence-corrected chi connectivity index (χ2v) is 3.84. The van der Waals surface area contributed by atoms with E-state index in [1.54, 1.807) is 7.11 Å². The molecule has 0 radical (unpaired) electrons. The minimum Gasteiger partial charge on any atom is -0.370 e. The van der Waals surface area contributed by atoms with Gasteiger partial charge in [0, 0.05) is 31.5 Å². The molecule has 0 amide bonds. The number of hydrogen-bond donors (Lipinski definition) is 2. The summed E-state index contributed by atoms with van der Waals surface area (Å²) in [6, 6.07) is 2.11. The highest BCUT2D eigenvalue weighted by molar-refractivity contribution is 5.20. The molecule has 2 N–H and O–H groups in total. The zero-order chi connectivity index (χ0) is 9.73. The number of nitrogens with one attached hydrogen (secondary N) is 2. The van der Waals surface area contributed by atoms with Gasteiger partial charge in [-0.3, -0.25) is 5.32 Å². The summed E-state index contributed by atoms with van der Waals surface area (Å²) in [5.41, 5.74) is 1.47.